The summed E-state index contributed by atoms with van der Waals surface area (Å²) in [5.41, 5.74) is -0.883. The van der Waals surface area contributed by atoms with Gasteiger partial charge in [0.25, 0.3) is 0 Å². The van der Waals surface area contributed by atoms with Crippen LogP contribution in [0.15, 0.2) is 0 Å². The van der Waals surface area contributed by atoms with E-state index < -0.39 is 23.3 Å². The zero-order valence-corrected chi connectivity index (χ0v) is 6.49. The Kier molecular flexibility index (Phi) is 1.26. The molecule has 2 aliphatic carbocycles. The first-order valence-electron chi connectivity index (χ1n) is 4.05. The third-order valence-electron chi connectivity index (χ3n) is 3.27. The zero-order valence-electron chi connectivity index (χ0n) is 6.49. The van der Waals surface area contributed by atoms with Crippen molar-refractivity contribution in [3.63, 3.8) is 0 Å². The first-order valence-corrected chi connectivity index (χ1v) is 4.05. The summed E-state index contributed by atoms with van der Waals surface area (Å²) in [6.07, 6.45) is 1.87. The van der Waals surface area contributed by atoms with Crippen molar-refractivity contribution in [1.82, 2.24) is 0 Å². The molecule has 4 heteroatoms. The molecule has 0 radical (unpaired) electrons. The average molecular weight is 170 g/mol. The van der Waals surface area contributed by atoms with Crippen molar-refractivity contribution in [3.05, 3.63) is 0 Å². The van der Waals surface area contributed by atoms with E-state index in [4.69, 9.17) is 10.2 Å². The van der Waals surface area contributed by atoms with Crippen LogP contribution >= 0.6 is 0 Å². The van der Waals surface area contributed by atoms with Crippen LogP contribution in [-0.2, 0) is 9.59 Å². The summed E-state index contributed by atoms with van der Waals surface area (Å²) in [7, 11) is 0. The van der Waals surface area contributed by atoms with Crippen LogP contribution in [0.25, 0.3) is 0 Å². The largest absolute Gasteiger partial charge is 0.481 e. The Hall–Kier alpha value is -1.06. The lowest BCUT2D eigenvalue weighted by molar-refractivity contribution is -0.155. The van der Waals surface area contributed by atoms with Crippen LogP contribution in [0.3, 0.4) is 0 Å². The van der Waals surface area contributed by atoms with Crippen LogP contribution in [0.4, 0.5) is 0 Å². The number of aliphatic carboxylic acids is 2. The summed E-state index contributed by atoms with van der Waals surface area (Å²) >= 11 is 0. The van der Waals surface area contributed by atoms with E-state index in [1.165, 1.54) is 0 Å². The standard InChI is InChI=1S/C8H10O4/c9-6(10)5-2-1-4-3-8(4,5)7(11)12/h4-5H,1-3H2,(H,9,10)(H,11,12). The molecule has 12 heavy (non-hydrogen) atoms. The Morgan fingerprint density at radius 2 is 1.92 bits per heavy atom. The molecule has 2 N–H and O–H groups in total. The van der Waals surface area contributed by atoms with E-state index in [2.05, 4.69) is 0 Å². The first-order chi connectivity index (χ1) is 5.59. The highest BCUT2D eigenvalue weighted by Crippen LogP contribution is 2.66. The molecule has 2 rings (SSSR count). The lowest BCUT2D eigenvalue weighted by Gasteiger charge is -2.13. The highest BCUT2D eigenvalue weighted by atomic mass is 16.4. The molecule has 0 amide bonds. The maximum atomic E-state index is 10.8. The summed E-state index contributed by atoms with van der Waals surface area (Å²) in [6.45, 7) is 0. The van der Waals surface area contributed by atoms with Gasteiger partial charge in [-0.2, -0.15) is 0 Å². The molecule has 66 valence electrons. The number of hydrogen-bond acceptors (Lipinski definition) is 2. The molecule has 0 heterocycles. The maximum absolute atomic E-state index is 10.8. The second kappa shape index (κ2) is 2.00. The molecule has 0 saturated heterocycles. The minimum absolute atomic E-state index is 0.135. The van der Waals surface area contributed by atoms with Gasteiger partial charge in [0.05, 0.1) is 11.3 Å². The summed E-state index contributed by atoms with van der Waals surface area (Å²) in [5.74, 6) is -2.37. The zero-order chi connectivity index (χ0) is 8.93. The predicted molar refractivity (Wildman–Crippen MR) is 38.5 cm³/mol. The first kappa shape index (κ1) is 7.58. The normalized spacial score (nSPS) is 43.7. The quantitative estimate of drug-likeness (QED) is 0.635. The van der Waals surface area contributed by atoms with Gasteiger partial charge in [-0.15, -0.1) is 0 Å². The molecule has 2 saturated carbocycles. The third kappa shape index (κ3) is 0.673. The summed E-state index contributed by atoms with van der Waals surface area (Å²) in [6, 6.07) is 0. The summed E-state index contributed by atoms with van der Waals surface area (Å²) in [4.78, 5) is 21.5. The van der Waals surface area contributed by atoms with E-state index in [0.29, 0.717) is 12.8 Å². The monoisotopic (exact) mass is 170 g/mol. The fourth-order valence-electron chi connectivity index (χ4n) is 2.52. The third-order valence-corrected chi connectivity index (χ3v) is 3.27. The number of carboxylic acids is 2. The molecule has 0 aromatic carbocycles. The van der Waals surface area contributed by atoms with Crippen molar-refractivity contribution in [2.75, 3.05) is 0 Å². The highest BCUT2D eigenvalue weighted by molar-refractivity contribution is 5.87. The molecule has 0 spiro atoms. The Morgan fingerprint density at radius 1 is 1.25 bits per heavy atom. The van der Waals surface area contributed by atoms with E-state index in [-0.39, 0.29) is 5.92 Å². The van der Waals surface area contributed by atoms with Gasteiger partial charge in [0.15, 0.2) is 0 Å². The van der Waals surface area contributed by atoms with E-state index in [9.17, 15) is 9.59 Å². The highest BCUT2D eigenvalue weighted by Gasteiger charge is 2.70. The lowest BCUT2D eigenvalue weighted by atomic mass is 9.90. The summed E-state index contributed by atoms with van der Waals surface area (Å²) in [5, 5.41) is 17.6. The molecule has 4 nitrogen and oxygen atoms in total. The van der Waals surface area contributed by atoms with E-state index in [0.717, 1.165) is 6.42 Å². The van der Waals surface area contributed by atoms with Crippen molar-refractivity contribution in [2.45, 2.75) is 19.3 Å². The van der Waals surface area contributed by atoms with Crippen molar-refractivity contribution in [1.29, 1.82) is 0 Å². The average Bonchev–Trinajstić information content (AvgIpc) is 2.58. The van der Waals surface area contributed by atoms with Crippen LogP contribution in [0.1, 0.15) is 19.3 Å². The minimum atomic E-state index is -0.947. The van der Waals surface area contributed by atoms with Gasteiger partial charge >= 0.3 is 11.9 Å². The molecule has 0 aromatic rings. The molecule has 0 aliphatic heterocycles. The Bertz CT molecular complexity index is 260. The van der Waals surface area contributed by atoms with Crippen LogP contribution in [0.2, 0.25) is 0 Å². The van der Waals surface area contributed by atoms with Crippen LogP contribution < -0.4 is 0 Å². The molecule has 0 aromatic heterocycles. The Balaban J connectivity index is 2.27. The van der Waals surface area contributed by atoms with E-state index in [1.54, 1.807) is 0 Å². The van der Waals surface area contributed by atoms with Gasteiger partial charge in [0.2, 0.25) is 0 Å². The predicted octanol–water partition coefficient (Wildman–Crippen LogP) is 0.572. The molecule has 2 fully saturated rings. The van der Waals surface area contributed by atoms with Gasteiger partial charge in [-0.1, -0.05) is 0 Å². The number of fused-ring (bicyclic) bond motifs is 1. The van der Waals surface area contributed by atoms with Gasteiger partial charge in [0, 0.05) is 0 Å². The second-order valence-corrected chi connectivity index (χ2v) is 3.71. The second-order valence-electron chi connectivity index (χ2n) is 3.71. The fraction of sp³-hybridized carbons (Fsp3) is 0.750. The van der Waals surface area contributed by atoms with Gasteiger partial charge in [-0.3, -0.25) is 9.59 Å². The van der Waals surface area contributed by atoms with Gasteiger partial charge in [-0.05, 0) is 25.2 Å². The Morgan fingerprint density at radius 3 is 2.25 bits per heavy atom. The molecular weight excluding hydrogens is 160 g/mol. The maximum Gasteiger partial charge on any atom is 0.310 e. The fourth-order valence-corrected chi connectivity index (χ4v) is 2.52. The van der Waals surface area contributed by atoms with E-state index in [1.807, 2.05) is 0 Å². The summed E-state index contributed by atoms with van der Waals surface area (Å²) < 4.78 is 0. The molecule has 2 aliphatic rings. The van der Waals surface area contributed by atoms with Gasteiger partial charge in [0.1, 0.15) is 0 Å². The minimum Gasteiger partial charge on any atom is -0.481 e. The molecule has 3 atom stereocenters. The number of rotatable bonds is 2. The topological polar surface area (TPSA) is 74.6 Å². The molecule has 0 bridgehead atoms. The van der Waals surface area contributed by atoms with Crippen LogP contribution in [0.5, 0.6) is 0 Å². The number of carbonyl (C=O) groups is 2. The van der Waals surface area contributed by atoms with Crippen molar-refractivity contribution >= 4 is 11.9 Å². The van der Waals surface area contributed by atoms with Crippen LogP contribution in [0, 0.1) is 17.3 Å². The number of carboxylic acid groups (broad SMARTS) is 2. The molecule has 3 unspecified atom stereocenters. The van der Waals surface area contributed by atoms with Crippen molar-refractivity contribution in [2.24, 2.45) is 17.3 Å². The molecular formula is C8H10O4. The van der Waals surface area contributed by atoms with E-state index >= 15 is 0 Å². The van der Waals surface area contributed by atoms with Gasteiger partial charge in [-0.25, -0.2) is 0 Å². The Labute approximate surface area is 69.2 Å². The number of hydrogen-bond donors (Lipinski definition) is 2. The van der Waals surface area contributed by atoms with Gasteiger partial charge < -0.3 is 10.2 Å². The SMILES string of the molecule is O=C(O)C1CCC2CC21C(=O)O. The van der Waals surface area contributed by atoms with Crippen molar-refractivity contribution < 1.29 is 19.8 Å². The van der Waals surface area contributed by atoms with Crippen LogP contribution in [-0.4, -0.2) is 22.2 Å². The van der Waals surface area contributed by atoms with Crippen molar-refractivity contribution in [3.8, 4) is 0 Å². The lowest BCUT2D eigenvalue weighted by Crippen LogP contribution is -2.29. The smallest absolute Gasteiger partial charge is 0.310 e.